The van der Waals surface area contributed by atoms with Gasteiger partial charge in [-0.25, -0.2) is 13.9 Å². The Bertz CT molecular complexity index is 1300. The number of fused-ring (bicyclic) bond motifs is 1. The zero-order valence-corrected chi connectivity index (χ0v) is 17.8. The van der Waals surface area contributed by atoms with E-state index in [1.165, 1.54) is 6.07 Å². The van der Waals surface area contributed by atoms with E-state index in [2.05, 4.69) is 20.7 Å². The van der Waals surface area contributed by atoms with E-state index >= 15 is 0 Å². The fourth-order valence-electron chi connectivity index (χ4n) is 3.80. The fourth-order valence-corrected chi connectivity index (χ4v) is 3.99. The van der Waals surface area contributed by atoms with Crippen LogP contribution >= 0.6 is 11.6 Å². The number of nitrogens with zero attached hydrogens (tertiary/aromatic N) is 4. The Kier molecular flexibility index (Phi) is 5.46. The van der Waals surface area contributed by atoms with Crippen LogP contribution in [0.5, 0.6) is 0 Å². The van der Waals surface area contributed by atoms with Gasteiger partial charge in [0, 0.05) is 48.6 Å². The van der Waals surface area contributed by atoms with Gasteiger partial charge in [0.1, 0.15) is 11.5 Å². The summed E-state index contributed by atoms with van der Waals surface area (Å²) in [5, 5.41) is 10.9. The van der Waals surface area contributed by atoms with Crippen molar-refractivity contribution in [2.45, 2.75) is 0 Å². The smallest absolute Gasteiger partial charge is 0.274 e. The van der Waals surface area contributed by atoms with Gasteiger partial charge in [-0.2, -0.15) is 5.10 Å². The maximum atomic E-state index is 14.7. The Balaban J connectivity index is 1.39. The molecule has 9 heteroatoms. The first-order valence-corrected chi connectivity index (χ1v) is 10.6. The quantitative estimate of drug-likeness (QED) is 0.494. The van der Waals surface area contributed by atoms with Gasteiger partial charge < -0.3 is 15.5 Å². The third-order valence-electron chi connectivity index (χ3n) is 5.40. The van der Waals surface area contributed by atoms with E-state index in [0.29, 0.717) is 22.0 Å². The molecule has 1 aliphatic rings. The first-order valence-electron chi connectivity index (χ1n) is 10.3. The van der Waals surface area contributed by atoms with E-state index < -0.39 is 5.91 Å². The number of halogens is 2. The summed E-state index contributed by atoms with van der Waals surface area (Å²) in [7, 11) is 0. The molecule has 3 heterocycles. The van der Waals surface area contributed by atoms with Crippen LogP contribution in [0.2, 0.25) is 5.02 Å². The van der Waals surface area contributed by atoms with Crippen LogP contribution < -0.4 is 15.5 Å². The molecular weight excluding hydrogens is 431 g/mol. The number of hydrogen-bond acceptors (Lipinski definition) is 5. The molecule has 1 amide bonds. The van der Waals surface area contributed by atoms with Crippen molar-refractivity contribution in [2.24, 2.45) is 0 Å². The Morgan fingerprint density at radius 3 is 2.75 bits per heavy atom. The molecule has 0 unspecified atom stereocenters. The molecule has 0 spiro atoms. The van der Waals surface area contributed by atoms with Crippen molar-refractivity contribution >= 4 is 34.5 Å². The second-order valence-corrected chi connectivity index (χ2v) is 7.94. The minimum atomic E-state index is -0.430. The second kappa shape index (κ2) is 8.57. The van der Waals surface area contributed by atoms with Crippen molar-refractivity contribution in [3.05, 3.63) is 77.5 Å². The van der Waals surface area contributed by atoms with Crippen LogP contribution in [0.3, 0.4) is 0 Å². The lowest BCUT2D eigenvalue weighted by atomic mass is 10.1. The van der Waals surface area contributed by atoms with Gasteiger partial charge in [-0.05, 0) is 42.0 Å². The van der Waals surface area contributed by atoms with E-state index in [1.807, 2.05) is 23.1 Å². The molecule has 7 nitrogen and oxygen atoms in total. The molecule has 0 bridgehead atoms. The Labute approximate surface area is 188 Å². The molecule has 1 fully saturated rings. The van der Waals surface area contributed by atoms with E-state index in [1.54, 1.807) is 41.2 Å². The van der Waals surface area contributed by atoms with Gasteiger partial charge in [0.05, 0.1) is 11.9 Å². The van der Waals surface area contributed by atoms with Gasteiger partial charge in [0.15, 0.2) is 5.65 Å². The number of nitrogens with one attached hydrogen (secondary N) is 2. The molecule has 0 radical (unpaired) electrons. The summed E-state index contributed by atoms with van der Waals surface area (Å²) in [4.78, 5) is 19.3. The van der Waals surface area contributed by atoms with Gasteiger partial charge in [-0.15, -0.1) is 0 Å². The number of hydrogen-bond donors (Lipinski definition) is 2. The van der Waals surface area contributed by atoms with Crippen LogP contribution in [0, 0.1) is 5.82 Å². The highest BCUT2D eigenvalue weighted by molar-refractivity contribution is 6.30. The molecule has 0 atom stereocenters. The Hall–Kier alpha value is -3.49. The average molecular weight is 451 g/mol. The average Bonchev–Trinajstić information content (AvgIpc) is 3.23. The number of benzene rings is 2. The number of anilines is 2. The molecule has 2 aromatic heterocycles. The SMILES string of the molecule is O=C(Nc1ccc(N2CCNCC2)c(F)c1)c1ccn2ncc(-c3cccc(Cl)c3)c2n1. The van der Waals surface area contributed by atoms with Crippen molar-refractivity contribution in [3.8, 4) is 11.1 Å². The third-order valence-corrected chi connectivity index (χ3v) is 5.64. The van der Waals surface area contributed by atoms with Gasteiger partial charge in [-0.3, -0.25) is 4.79 Å². The van der Waals surface area contributed by atoms with Crippen LogP contribution in [0.15, 0.2) is 60.9 Å². The summed E-state index contributed by atoms with van der Waals surface area (Å²) in [5.74, 6) is -0.799. The topological polar surface area (TPSA) is 74.6 Å². The zero-order valence-electron chi connectivity index (χ0n) is 17.1. The van der Waals surface area contributed by atoms with Crippen LogP contribution in [0.1, 0.15) is 10.5 Å². The normalized spacial score (nSPS) is 14.0. The molecule has 0 aliphatic carbocycles. The lowest BCUT2D eigenvalue weighted by Gasteiger charge is -2.29. The van der Waals surface area contributed by atoms with E-state index in [-0.39, 0.29) is 11.5 Å². The number of carbonyl (C=O) groups is 1. The molecule has 1 saturated heterocycles. The van der Waals surface area contributed by atoms with Gasteiger partial charge >= 0.3 is 0 Å². The van der Waals surface area contributed by atoms with Gasteiger partial charge in [0.2, 0.25) is 0 Å². The third kappa shape index (κ3) is 4.02. The van der Waals surface area contributed by atoms with Crippen molar-refractivity contribution in [1.82, 2.24) is 19.9 Å². The number of rotatable bonds is 4. The minimum Gasteiger partial charge on any atom is -0.367 e. The number of amides is 1. The molecular formula is C23H20ClFN6O. The van der Waals surface area contributed by atoms with Crippen LogP contribution in [-0.4, -0.2) is 46.7 Å². The maximum absolute atomic E-state index is 14.7. The van der Waals surface area contributed by atoms with Crippen molar-refractivity contribution in [1.29, 1.82) is 0 Å². The summed E-state index contributed by atoms with van der Waals surface area (Å²) in [6, 6.07) is 13.7. The summed E-state index contributed by atoms with van der Waals surface area (Å²) >= 11 is 6.11. The number of carbonyl (C=O) groups excluding carboxylic acids is 1. The molecule has 32 heavy (non-hydrogen) atoms. The number of aromatic nitrogens is 3. The first-order chi connectivity index (χ1) is 15.6. The molecule has 1 aliphatic heterocycles. The monoisotopic (exact) mass is 450 g/mol. The van der Waals surface area contributed by atoms with Gasteiger partial charge in [0.25, 0.3) is 5.91 Å². The highest BCUT2D eigenvalue weighted by atomic mass is 35.5. The van der Waals surface area contributed by atoms with E-state index in [9.17, 15) is 9.18 Å². The highest BCUT2D eigenvalue weighted by Gasteiger charge is 2.17. The predicted octanol–water partition coefficient (Wildman–Crippen LogP) is 3.85. The Morgan fingerprint density at radius 2 is 1.97 bits per heavy atom. The lowest BCUT2D eigenvalue weighted by molar-refractivity contribution is 0.102. The predicted molar refractivity (Wildman–Crippen MR) is 123 cm³/mol. The second-order valence-electron chi connectivity index (χ2n) is 7.51. The van der Waals surface area contributed by atoms with Crippen LogP contribution in [-0.2, 0) is 0 Å². The Morgan fingerprint density at radius 1 is 1.12 bits per heavy atom. The fraction of sp³-hybridized carbons (Fsp3) is 0.174. The summed E-state index contributed by atoms with van der Waals surface area (Å²) in [5.41, 5.74) is 3.25. The van der Waals surface area contributed by atoms with Crippen molar-refractivity contribution in [2.75, 3.05) is 36.4 Å². The van der Waals surface area contributed by atoms with Crippen LogP contribution in [0.25, 0.3) is 16.8 Å². The highest BCUT2D eigenvalue weighted by Crippen LogP contribution is 2.26. The lowest BCUT2D eigenvalue weighted by Crippen LogP contribution is -2.43. The van der Waals surface area contributed by atoms with E-state index in [0.717, 1.165) is 37.3 Å². The zero-order chi connectivity index (χ0) is 22.1. The molecule has 0 saturated carbocycles. The van der Waals surface area contributed by atoms with Crippen molar-refractivity contribution in [3.63, 3.8) is 0 Å². The molecule has 5 rings (SSSR count). The summed E-state index contributed by atoms with van der Waals surface area (Å²) < 4.78 is 16.3. The molecule has 4 aromatic rings. The van der Waals surface area contributed by atoms with Gasteiger partial charge in [-0.1, -0.05) is 23.7 Å². The largest absolute Gasteiger partial charge is 0.367 e. The summed E-state index contributed by atoms with van der Waals surface area (Å²) in [6.45, 7) is 3.12. The summed E-state index contributed by atoms with van der Waals surface area (Å²) in [6.07, 6.45) is 3.35. The first kappa shape index (κ1) is 20.4. The molecule has 162 valence electrons. The standard InChI is InChI=1S/C23H20ClFN6O/c24-16-3-1-2-15(12-16)18-14-27-31-9-6-20(29-22(18)31)23(32)28-17-4-5-21(19(25)13-17)30-10-7-26-8-11-30/h1-6,9,12-14,26H,7-8,10-11H2,(H,28,32). The molecule has 2 N–H and O–H groups in total. The van der Waals surface area contributed by atoms with Crippen molar-refractivity contribution < 1.29 is 9.18 Å². The number of piperazine rings is 1. The minimum absolute atomic E-state index is 0.202. The van der Waals surface area contributed by atoms with Crippen LogP contribution in [0.4, 0.5) is 15.8 Å². The van der Waals surface area contributed by atoms with E-state index in [4.69, 9.17) is 11.6 Å². The molecule has 2 aromatic carbocycles. The maximum Gasteiger partial charge on any atom is 0.274 e.